The van der Waals surface area contributed by atoms with Gasteiger partial charge in [-0.3, -0.25) is 9.69 Å². The van der Waals surface area contributed by atoms with E-state index in [1.54, 1.807) is 0 Å². The summed E-state index contributed by atoms with van der Waals surface area (Å²) in [4.78, 5) is 14.2. The number of amides is 1. The van der Waals surface area contributed by atoms with Gasteiger partial charge in [-0.2, -0.15) is 0 Å². The minimum atomic E-state index is -0.147. The normalized spacial score (nSPS) is 16.4. The third kappa shape index (κ3) is 6.29. The van der Waals surface area contributed by atoms with E-state index in [1.165, 1.54) is 5.56 Å². The van der Waals surface area contributed by atoms with Crippen molar-refractivity contribution in [3.63, 3.8) is 0 Å². The number of likely N-dealkylation sites (tertiary alicyclic amines) is 1. The summed E-state index contributed by atoms with van der Waals surface area (Å²) < 4.78 is 5.20. The highest BCUT2D eigenvalue weighted by atomic mass is 16.5. The Morgan fingerprint density at radius 1 is 1.30 bits per heavy atom. The fraction of sp³-hybridized carbons (Fsp3) is 0.611. The van der Waals surface area contributed by atoms with Gasteiger partial charge in [0, 0.05) is 39.2 Å². The van der Waals surface area contributed by atoms with Crippen LogP contribution in [0.1, 0.15) is 37.3 Å². The van der Waals surface area contributed by atoms with E-state index in [1.807, 2.05) is 19.1 Å². The number of carbonyl (C=O) groups is 1. The maximum absolute atomic E-state index is 11.8. The SMILES string of the molecule is CCOCCC(=O)NCc1ccccc1CN1CCC(O)CC1. The topological polar surface area (TPSA) is 61.8 Å². The summed E-state index contributed by atoms with van der Waals surface area (Å²) in [5.41, 5.74) is 2.40. The molecule has 1 aliphatic heterocycles. The first kappa shape index (κ1) is 17.9. The van der Waals surface area contributed by atoms with Crippen molar-refractivity contribution in [3.8, 4) is 0 Å². The van der Waals surface area contributed by atoms with Crippen molar-refractivity contribution in [2.75, 3.05) is 26.3 Å². The van der Waals surface area contributed by atoms with Gasteiger partial charge in [-0.15, -0.1) is 0 Å². The van der Waals surface area contributed by atoms with Crippen LogP contribution in [0, 0.1) is 0 Å². The van der Waals surface area contributed by atoms with Gasteiger partial charge in [0.05, 0.1) is 12.7 Å². The number of hydrogen-bond donors (Lipinski definition) is 2. The summed E-state index contributed by atoms with van der Waals surface area (Å²) in [5, 5.41) is 12.6. The standard InChI is InChI=1S/C18H28N2O3/c1-2-23-12-9-18(22)19-13-15-5-3-4-6-16(15)14-20-10-7-17(21)8-11-20/h3-6,17,21H,2,7-14H2,1H3,(H,19,22). The molecular formula is C18H28N2O3. The number of rotatable bonds is 8. The van der Waals surface area contributed by atoms with Crippen LogP contribution in [0.25, 0.3) is 0 Å². The number of aliphatic hydroxyl groups excluding tert-OH is 1. The maximum Gasteiger partial charge on any atom is 0.222 e. The second kappa shape index (κ2) is 9.65. The molecule has 0 spiro atoms. The van der Waals surface area contributed by atoms with Crippen LogP contribution in [0.3, 0.4) is 0 Å². The Bertz CT molecular complexity index is 485. The summed E-state index contributed by atoms with van der Waals surface area (Å²) >= 11 is 0. The van der Waals surface area contributed by atoms with Gasteiger partial charge in [-0.1, -0.05) is 24.3 Å². The van der Waals surface area contributed by atoms with Crippen molar-refractivity contribution in [1.29, 1.82) is 0 Å². The van der Waals surface area contributed by atoms with Gasteiger partial charge in [0.1, 0.15) is 0 Å². The average molecular weight is 320 g/mol. The van der Waals surface area contributed by atoms with Crippen molar-refractivity contribution in [2.24, 2.45) is 0 Å². The third-order valence-corrected chi connectivity index (χ3v) is 4.22. The Kier molecular flexibility index (Phi) is 7.52. The van der Waals surface area contributed by atoms with E-state index >= 15 is 0 Å². The number of carbonyl (C=O) groups excluding carboxylic acids is 1. The molecule has 5 heteroatoms. The highest BCUT2D eigenvalue weighted by Crippen LogP contribution is 2.16. The van der Waals surface area contributed by atoms with Gasteiger partial charge in [-0.25, -0.2) is 0 Å². The number of benzene rings is 1. The van der Waals surface area contributed by atoms with E-state index in [9.17, 15) is 9.90 Å². The van der Waals surface area contributed by atoms with Crippen LogP contribution in [0.15, 0.2) is 24.3 Å². The van der Waals surface area contributed by atoms with Crippen LogP contribution >= 0.6 is 0 Å². The molecule has 0 unspecified atom stereocenters. The number of piperidine rings is 1. The number of nitrogens with one attached hydrogen (secondary N) is 1. The fourth-order valence-electron chi connectivity index (χ4n) is 2.79. The average Bonchev–Trinajstić information content (AvgIpc) is 2.56. The highest BCUT2D eigenvalue weighted by molar-refractivity contribution is 5.75. The zero-order valence-corrected chi connectivity index (χ0v) is 14.0. The van der Waals surface area contributed by atoms with Gasteiger partial charge < -0.3 is 15.2 Å². The maximum atomic E-state index is 11.8. The van der Waals surface area contributed by atoms with Crippen LogP contribution in [-0.4, -0.2) is 48.3 Å². The number of hydrogen-bond acceptors (Lipinski definition) is 4. The van der Waals surface area contributed by atoms with Gasteiger partial charge >= 0.3 is 0 Å². The molecule has 0 atom stereocenters. The van der Waals surface area contributed by atoms with E-state index in [4.69, 9.17) is 4.74 Å². The van der Waals surface area contributed by atoms with Crippen molar-refractivity contribution < 1.29 is 14.6 Å². The molecule has 0 saturated carbocycles. The highest BCUT2D eigenvalue weighted by Gasteiger charge is 2.17. The monoisotopic (exact) mass is 320 g/mol. The van der Waals surface area contributed by atoms with Crippen LogP contribution in [0.4, 0.5) is 0 Å². The molecule has 0 aromatic heterocycles. The van der Waals surface area contributed by atoms with E-state index in [2.05, 4.69) is 22.3 Å². The molecule has 2 rings (SSSR count). The predicted octanol–water partition coefficient (Wildman–Crippen LogP) is 1.69. The number of aliphatic hydroxyl groups is 1. The van der Waals surface area contributed by atoms with Crippen molar-refractivity contribution in [3.05, 3.63) is 35.4 Å². The summed E-state index contributed by atoms with van der Waals surface area (Å²) in [6, 6.07) is 8.23. The zero-order valence-electron chi connectivity index (χ0n) is 14.0. The Morgan fingerprint density at radius 3 is 2.70 bits per heavy atom. The molecule has 1 aromatic carbocycles. The smallest absolute Gasteiger partial charge is 0.222 e. The van der Waals surface area contributed by atoms with E-state index < -0.39 is 0 Å². The minimum absolute atomic E-state index is 0.0225. The molecule has 0 bridgehead atoms. The minimum Gasteiger partial charge on any atom is -0.393 e. The van der Waals surface area contributed by atoms with Gasteiger partial charge in [0.25, 0.3) is 0 Å². The molecule has 1 heterocycles. The van der Waals surface area contributed by atoms with Crippen molar-refractivity contribution in [1.82, 2.24) is 10.2 Å². The van der Waals surface area contributed by atoms with Gasteiger partial charge in [0.2, 0.25) is 5.91 Å². The molecule has 1 fully saturated rings. The molecular weight excluding hydrogens is 292 g/mol. The molecule has 23 heavy (non-hydrogen) atoms. The first-order valence-electron chi connectivity index (χ1n) is 8.50. The van der Waals surface area contributed by atoms with Crippen LogP contribution < -0.4 is 5.32 Å². The number of nitrogens with zero attached hydrogens (tertiary/aromatic N) is 1. The molecule has 2 N–H and O–H groups in total. The quantitative estimate of drug-likeness (QED) is 0.716. The second-order valence-corrected chi connectivity index (χ2v) is 6.00. The Balaban J connectivity index is 1.83. The summed E-state index contributed by atoms with van der Waals surface area (Å²) in [6.45, 7) is 6.32. The largest absolute Gasteiger partial charge is 0.393 e. The lowest BCUT2D eigenvalue weighted by atomic mass is 10.0. The van der Waals surface area contributed by atoms with Gasteiger partial charge in [-0.05, 0) is 30.9 Å². The third-order valence-electron chi connectivity index (χ3n) is 4.22. The van der Waals surface area contributed by atoms with Gasteiger partial charge in [0.15, 0.2) is 0 Å². The predicted molar refractivity (Wildman–Crippen MR) is 89.9 cm³/mol. The van der Waals surface area contributed by atoms with E-state index in [0.717, 1.165) is 38.0 Å². The lowest BCUT2D eigenvalue weighted by molar-refractivity contribution is -0.122. The van der Waals surface area contributed by atoms with Crippen LogP contribution in [0.2, 0.25) is 0 Å². The van der Waals surface area contributed by atoms with Crippen molar-refractivity contribution in [2.45, 2.75) is 45.4 Å². The van der Waals surface area contributed by atoms with E-state index in [-0.39, 0.29) is 12.0 Å². The first-order valence-corrected chi connectivity index (χ1v) is 8.50. The summed E-state index contributed by atoms with van der Waals surface area (Å²) in [6.07, 6.45) is 1.94. The molecule has 128 valence electrons. The molecule has 5 nitrogen and oxygen atoms in total. The van der Waals surface area contributed by atoms with Crippen LogP contribution in [-0.2, 0) is 22.6 Å². The molecule has 0 radical (unpaired) electrons. The van der Waals surface area contributed by atoms with Crippen molar-refractivity contribution >= 4 is 5.91 Å². The molecule has 1 aromatic rings. The van der Waals surface area contributed by atoms with Crippen LogP contribution in [0.5, 0.6) is 0 Å². The molecule has 1 saturated heterocycles. The number of ether oxygens (including phenoxy) is 1. The fourth-order valence-corrected chi connectivity index (χ4v) is 2.79. The zero-order chi connectivity index (χ0) is 16.5. The van der Waals surface area contributed by atoms with E-state index in [0.29, 0.717) is 26.2 Å². The second-order valence-electron chi connectivity index (χ2n) is 6.00. The Labute approximate surface area is 138 Å². The first-order chi connectivity index (χ1) is 11.2. The Morgan fingerprint density at radius 2 is 2.00 bits per heavy atom. The lowest BCUT2D eigenvalue weighted by Gasteiger charge is -2.30. The molecule has 0 aliphatic carbocycles. The molecule has 1 aliphatic rings. The lowest BCUT2D eigenvalue weighted by Crippen LogP contribution is -2.35. The summed E-state index contributed by atoms with van der Waals surface area (Å²) in [7, 11) is 0. The molecule has 1 amide bonds. The summed E-state index contributed by atoms with van der Waals surface area (Å²) in [5.74, 6) is 0.0225. The Hall–Kier alpha value is -1.43.